The molecule has 0 aliphatic carbocycles. The normalized spacial score (nSPS) is 12.4. The molecule has 2 atom stereocenters. The van der Waals surface area contributed by atoms with E-state index in [9.17, 15) is 24.3 Å². The number of halogens is 1. The van der Waals surface area contributed by atoms with Gasteiger partial charge in [0.05, 0.1) is 13.7 Å². The summed E-state index contributed by atoms with van der Waals surface area (Å²) < 4.78 is 4.53. The van der Waals surface area contributed by atoms with Gasteiger partial charge in [0.2, 0.25) is 17.7 Å². The summed E-state index contributed by atoms with van der Waals surface area (Å²) in [6, 6.07) is 3.34. The molecule has 31 heavy (non-hydrogen) atoms. The van der Waals surface area contributed by atoms with Gasteiger partial charge in [0.1, 0.15) is 12.1 Å². The molecule has 0 aliphatic heterocycles. The molecular weight excluding hydrogens is 426 g/mol. The molecule has 0 bridgehead atoms. The Kier molecular flexibility index (Phi) is 11.6. The Morgan fingerprint density at radius 2 is 1.58 bits per heavy atom. The van der Waals surface area contributed by atoms with Gasteiger partial charge in [-0.3, -0.25) is 19.2 Å². The van der Waals surface area contributed by atoms with E-state index in [1.165, 1.54) is 21.0 Å². The molecule has 0 heterocycles. The van der Waals surface area contributed by atoms with Crippen LogP contribution in [0.15, 0.2) is 18.2 Å². The van der Waals surface area contributed by atoms with Crippen LogP contribution in [0.1, 0.15) is 50.7 Å². The highest BCUT2D eigenvalue weighted by atomic mass is 35.5. The van der Waals surface area contributed by atoms with Crippen molar-refractivity contribution in [3.05, 3.63) is 29.3 Å². The lowest BCUT2D eigenvalue weighted by Gasteiger charge is -2.19. The highest BCUT2D eigenvalue weighted by molar-refractivity contribution is 6.17. The predicted octanol–water partition coefficient (Wildman–Crippen LogP) is 1.60. The molecule has 1 aromatic carbocycles. The molecule has 1 unspecified atom stereocenters. The molecular formula is C21H30ClN3O6. The summed E-state index contributed by atoms with van der Waals surface area (Å²) in [6.45, 7) is 2.84. The van der Waals surface area contributed by atoms with Crippen molar-refractivity contribution in [3.8, 4) is 0 Å². The zero-order valence-corrected chi connectivity index (χ0v) is 18.8. The first-order valence-electron chi connectivity index (χ1n) is 9.97. The van der Waals surface area contributed by atoms with Gasteiger partial charge >= 0.3 is 5.97 Å². The van der Waals surface area contributed by atoms with E-state index in [2.05, 4.69) is 20.7 Å². The number of hydrogen-bond acceptors (Lipinski definition) is 6. The molecule has 9 nitrogen and oxygen atoms in total. The number of unbranched alkanes of at least 4 members (excludes halogenated alkanes) is 1. The Bertz CT molecular complexity index is 764. The predicted molar refractivity (Wildman–Crippen MR) is 116 cm³/mol. The van der Waals surface area contributed by atoms with Crippen molar-refractivity contribution in [2.75, 3.05) is 12.4 Å². The minimum Gasteiger partial charge on any atom is -0.469 e. The van der Waals surface area contributed by atoms with Gasteiger partial charge in [0, 0.05) is 24.4 Å². The average Bonchev–Trinajstić information content (AvgIpc) is 2.75. The smallest absolute Gasteiger partial charge is 0.305 e. The van der Waals surface area contributed by atoms with Gasteiger partial charge in [-0.15, -0.1) is 11.6 Å². The van der Waals surface area contributed by atoms with Crippen molar-refractivity contribution in [1.82, 2.24) is 10.6 Å². The lowest BCUT2D eigenvalue weighted by Crippen LogP contribution is -2.50. The van der Waals surface area contributed by atoms with Gasteiger partial charge in [-0.05, 0) is 49.9 Å². The first kappa shape index (κ1) is 26.4. The van der Waals surface area contributed by atoms with Crippen LogP contribution in [0.25, 0.3) is 0 Å². The van der Waals surface area contributed by atoms with Gasteiger partial charge in [0.15, 0.2) is 0 Å². The van der Waals surface area contributed by atoms with Crippen molar-refractivity contribution in [1.29, 1.82) is 0 Å². The number of anilines is 1. The van der Waals surface area contributed by atoms with Crippen LogP contribution in [-0.2, 0) is 36.4 Å². The number of methoxy groups -OCH3 is 1. The second-order valence-electron chi connectivity index (χ2n) is 7.12. The first-order chi connectivity index (χ1) is 14.7. The molecule has 0 aromatic heterocycles. The minimum absolute atomic E-state index is 0.175. The summed E-state index contributed by atoms with van der Waals surface area (Å²) in [7, 11) is 1.31. The van der Waals surface area contributed by atoms with Crippen molar-refractivity contribution in [2.24, 2.45) is 0 Å². The molecule has 4 N–H and O–H groups in total. The van der Waals surface area contributed by atoms with Crippen molar-refractivity contribution < 1.29 is 29.0 Å². The van der Waals surface area contributed by atoms with Gasteiger partial charge in [-0.25, -0.2) is 0 Å². The van der Waals surface area contributed by atoms with Crippen LogP contribution < -0.4 is 16.0 Å². The van der Waals surface area contributed by atoms with E-state index in [1.807, 2.05) is 0 Å². The summed E-state index contributed by atoms with van der Waals surface area (Å²) in [5.41, 5.74) is 1.80. The second-order valence-corrected chi connectivity index (χ2v) is 7.39. The molecule has 0 radical (unpaired) electrons. The zero-order chi connectivity index (χ0) is 23.4. The van der Waals surface area contributed by atoms with Crippen LogP contribution in [0.5, 0.6) is 0 Å². The summed E-state index contributed by atoms with van der Waals surface area (Å²) in [6.07, 6.45) is 1.42. The summed E-state index contributed by atoms with van der Waals surface area (Å²) >= 11 is 5.83. The van der Waals surface area contributed by atoms with Crippen molar-refractivity contribution in [2.45, 2.75) is 64.1 Å². The number of benzene rings is 1. The number of esters is 1. The Labute approximate surface area is 186 Å². The second kappa shape index (κ2) is 13.6. The number of alkyl halides is 1. The number of nitrogens with one attached hydrogen (secondary N) is 3. The van der Waals surface area contributed by atoms with E-state index < -0.39 is 23.9 Å². The number of rotatable bonds is 12. The number of carbonyl (C=O) groups excluding carboxylic acids is 4. The number of amides is 3. The van der Waals surface area contributed by atoms with Crippen LogP contribution in [0.3, 0.4) is 0 Å². The summed E-state index contributed by atoms with van der Waals surface area (Å²) in [5, 5.41) is 17.1. The standard InChI is InChI=1S/C21H30ClN3O6/c1-13(23-18(27)6-4-5-7-19(28)31-3)20(29)24-14(2)21(30)25-17-9-15(11-22)8-16(10-17)12-26/h8-10,13-14,26H,4-7,11-12H2,1-3H3,(H,23,27)(H,24,29)(H,25,30)/t13?,14-/m0/s1. The van der Waals surface area contributed by atoms with E-state index in [-0.39, 0.29) is 37.2 Å². The molecule has 172 valence electrons. The Balaban J connectivity index is 2.48. The fraction of sp³-hybridized carbons (Fsp3) is 0.524. The van der Waals surface area contributed by atoms with Crippen molar-refractivity contribution in [3.63, 3.8) is 0 Å². The number of carbonyl (C=O) groups is 4. The number of hydrogen-bond donors (Lipinski definition) is 4. The zero-order valence-electron chi connectivity index (χ0n) is 18.0. The Morgan fingerprint density at radius 3 is 2.19 bits per heavy atom. The van der Waals surface area contributed by atoms with Gasteiger partial charge in [-0.1, -0.05) is 6.07 Å². The van der Waals surface area contributed by atoms with Gasteiger partial charge in [-0.2, -0.15) is 0 Å². The topological polar surface area (TPSA) is 134 Å². The van der Waals surface area contributed by atoms with Crippen LogP contribution >= 0.6 is 11.6 Å². The first-order valence-corrected chi connectivity index (χ1v) is 10.5. The fourth-order valence-corrected chi connectivity index (χ4v) is 2.85. The maximum absolute atomic E-state index is 12.4. The average molecular weight is 456 g/mol. The molecule has 0 spiro atoms. The number of ether oxygens (including phenoxy) is 1. The van der Waals surface area contributed by atoms with Crippen LogP contribution in [0.4, 0.5) is 5.69 Å². The monoisotopic (exact) mass is 455 g/mol. The van der Waals surface area contributed by atoms with Crippen LogP contribution in [0, 0.1) is 0 Å². The maximum atomic E-state index is 12.4. The third-order valence-corrected chi connectivity index (χ3v) is 4.75. The Hall–Kier alpha value is -2.65. The molecule has 1 rings (SSSR count). The third kappa shape index (κ3) is 9.80. The van der Waals surface area contributed by atoms with E-state index in [4.69, 9.17) is 11.6 Å². The summed E-state index contributed by atoms with van der Waals surface area (Å²) in [4.78, 5) is 47.7. The number of aliphatic hydroxyl groups excluding tert-OH is 1. The molecule has 3 amide bonds. The third-order valence-electron chi connectivity index (χ3n) is 4.44. The molecule has 0 fully saturated rings. The summed E-state index contributed by atoms with van der Waals surface area (Å²) in [5.74, 6) is -1.38. The van der Waals surface area contributed by atoms with E-state index >= 15 is 0 Å². The van der Waals surface area contributed by atoms with E-state index in [0.29, 0.717) is 24.1 Å². The molecule has 1 aromatic rings. The lowest BCUT2D eigenvalue weighted by molar-refractivity contribution is -0.140. The SMILES string of the molecule is COC(=O)CCCCC(=O)NC(C)C(=O)N[C@@H](C)C(=O)Nc1cc(CO)cc(CCl)c1. The van der Waals surface area contributed by atoms with Crippen LogP contribution in [-0.4, -0.2) is 48.0 Å². The van der Waals surface area contributed by atoms with Gasteiger partial charge in [0.25, 0.3) is 0 Å². The number of aliphatic hydroxyl groups is 1. The lowest BCUT2D eigenvalue weighted by atomic mass is 10.1. The maximum Gasteiger partial charge on any atom is 0.305 e. The molecule has 10 heteroatoms. The van der Waals surface area contributed by atoms with E-state index in [0.717, 1.165) is 5.56 Å². The molecule has 0 saturated heterocycles. The quantitative estimate of drug-likeness (QED) is 0.215. The molecule has 0 saturated carbocycles. The molecule has 0 aliphatic rings. The fourth-order valence-electron chi connectivity index (χ4n) is 2.69. The largest absolute Gasteiger partial charge is 0.469 e. The van der Waals surface area contributed by atoms with Gasteiger partial charge < -0.3 is 25.8 Å². The van der Waals surface area contributed by atoms with E-state index in [1.54, 1.807) is 18.2 Å². The van der Waals surface area contributed by atoms with Crippen molar-refractivity contribution >= 4 is 41.0 Å². The van der Waals surface area contributed by atoms with Crippen LogP contribution in [0.2, 0.25) is 0 Å². The Morgan fingerprint density at radius 1 is 0.968 bits per heavy atom. The highest BCUT2D eigenvalue weighted by Gasteiger charge is 2.21. The minimum atomic E-state index is -0.857. The highest BCUT2D eigenvalue weighted by Crippen LogP contribution is 2.17.